The summed E-state index contributed by atoms with van der Waals surface area (Å²) in [5, 5.41) is 7.61. The maximum Gasteiger partial charge on any atom is 0.407 e. The van der Waals surface area contributed by atoms with E-state index in [1.165, 1.54) is 0 Å². The topological polar surface area (TPSA) is 73.6 Å². The van der Waals surface area contributed by atoms with Crippen LogP contribution in [0.2, 0.25) is 10.0 Å². The van der Waals surface area contributed by atoms with E-state index in [1.54, 1.807) is 39.0 Å². The molecule has 1 N–H and O–H groups in total. The van der Waals surface area contributed by atoms with Crippen LogP contribution in [0.5, 0.6) is 5.88 Å². The van der Waals surface area contributed by atoms with Crippen molar-refractivity contribution in [2.24, 2.45) is 0 Å². The van der Waals surface area contributed by atoms with Crippen LogP contribution in [0.4, 0.5) is 4.79 Å². The van der Waals surface area contributed by atoms with Crippen LogP contribution in [-0.4, -0.2) is 30.0 Å². The van der Waals surface area contributed by atoms with Crippen molar-refractivity contribution in [3.8, 4) is 17.2 Å². The normalized spacial score (nSPS) is 11.3. The van der Waals surface area contributed by atoms with E-state index in [0.29, 0.717) is 33.7 Å². The first-order valence-corrected chi connectivity index (χ1v) is 9.00. The van der Waals surface area contributed by atoms with Crippen molar-refractivity contribution < 1.29 is 18.8 Å². The number of carbonyl (C=O) groups is 1. The molecule has 1 heterocycles. The number of halogens is 2. The molecule has 26 heavy (non-hydrogen) atoms. The predicted molar refractivity (Wildman–Crippen MR) is 101 cm³/mol. The number of benzene rings is 1. The minimum Gasteiger partial charge on any atom is -0.474 e. The molecular formula is C18H22Cl2N2O4. The number of nitrogens with zero attached hydrogens (tertiary/aromatic N) is 1. The summed E-state index contributed by atoms with van der Waals surface area (Å²) in [4.78, 5) is 11.5. The van der Waals surface area contributed by atoms with Gasteiger partial charge in [-0.15, -0.1) is 0 Å². The number of rotatable bonds is 6. The fraction of sp³-hybridized carbons (Fsp3) is 0.444. The molecule has 1 amide bonds. The highest BCUT2D eigenvalue weighted by Crippen LogP contribution is 2.36. The van der Waals surface area contributed by atoms with Gasteiger partial charge in [0.05, 0.1) is 11.6 Å². The maximum atomic E-state index is 11.5. The van der Waals surface area contributed by atoms with Crippen LogP contribution in [0.1, 0.15) is 33.3 Å². The van der Waals surface area contributed by atoms with Crippen molar-refractivity contribution in [1.82, 2.24) is 10.5 Å². The summed E-state index contributed by atoms with van der Waals surface area (Å²) in [6.07, 6.45) is 0.210. The zero-order valence-electron chi connectivity index (χ0n) is 15.2. The Labute approximate surface area is 162 Å². The molecule has 1 aromatic carbocycles. The van der Waals surface area contributed by atoms with Gasteiger partial charge in [-0.05, 0) is 50.0 Å². The fourth-order valence-electron chi connectivity index (χ4n) is 2.19. The van der Waals surface area contributed by atoms with Gasteiger partial charge in [0.1, 0.15) is 12.2 Å². The first-order valence-electron chi connectivity index (χ1n) is 8.25. The summed E-state index contributed by atoms with van der Waals surface area (Å²) in [6.45, 7) is 7.87. The van der Waals surface area contributed by atoms with Crippen LogP contribution in [0.15, 0.2) is 22.7 Å². The molecule has 0 fully saturated rings. The van der Waals surface area contributed by atoms with E-state index >= 15 is 0 Å². The third kappa shape index (κ3) is 5.54. The molecule has 0 aliphatic carbocycles. The lowest BCUT2D eigenvalue weighted by atomic mass is 10.1. The predicted octanol–water partition coefficient (Wildman–Crippen LogP) is 5.11. The zero-order chi connectivity index (χ0) is 19.3. The smallest absolute Gasteiger partial charge is 0.407 e. The molecule has 2 rings (SSSR count). The van der Waals surface area contributed by atoms with E-state index in [4.69, 9.17) is 37.2 Å². The zero-order valence-corrected chi connectivity index (χ0v) is 16.7. The Bertz CT molecular complexity index is 769. The lowest BCUT2D eigenvalue weighted by Gasteiger charge is -2.19. The lowest BCUT2D eigenvalue weighted by molar-refractivity contribution is 0.0519. The quantitative estimate of drug-likeness (QED) is 0.681. The molecule has 0 saturated carbocycles. The first kappa shape index (κ1) is 20.4. The molecule has 142 valence electrons. The van der Waals surface area contributed by atoms with Gasteiger partial charge in [-0.1, -0.05) is 30.1 Å². The van der Waals surface area contributed by atoms with E-state index in [1.807, 2.05) is 6.92 Å². The van der Waals surface area contributed by atoms with Crippen LogP contribution in [0.25, 0.3) is 11.3 Å². The van der Waals surface area contributed by atoms with Crippen molar-refractivity contribution in [3.63, 3.8) is 0 Å². The van der Waals surface area contributed by atoms with E-state index < -0.39 is 11.7 Å². The monoisotopic (exact) mass is 400 g/mol. The molecule has 2 aromatic rings. The van der Waals surface area contributed by atoms with Crippen molar-refractivity contribution in [2.75, 3.05) is 13.2 Å². The van der Waals surface area contributed by atoms with Gasteiger partial charge in [-0.2, -0.15) is 0 Å². The highest BCUT2D eigenvalue weighted by molar-refractivity contribution is 6.37. The van der Waals surface area contributed by atoms with Gasteiger partial charge >= 0.3 is 6.09 Å². The highest BCUT2D eigenvalue weighted by atomic mass is 35.5. The molecule has 0 saturated heterocycles. The second-order valence-electron chi connectivity index (χ2n) is 6.55. The van der Waals surface area contributed by atoms with E-state index in [0.717, 1.165) is 5.56 Å². The summed E-state index contributed by atoms with van der Waals surface area (Å²) < 4.78 is 15.9. The number of alkyl carbamates (subject to hydrolysis) is 1. The van der Waals surface area contributed by atoms with Gasteiger partial charge in [-0.25, -0.2) is 4.79 Å². The Balaban J connectivity index is 1.92. The Morgan fingerprint density at radius 1 is 1.31 bits per heavy atom. The minimum atomic E-state index is -0.541. The van der Waals surface area contributed by atoms with Crippen molar-refractivity contribution in [2.45, 2.75) is 39.7 Å². The summed E-state index contributed by atoms with van der Waals surface area (Å²) in [6, 6.07) is 5.19. The number of carbonyl (C=O) groups excluding carboxylic acids is 1. The number of nitrogens with one attached hydrogen (secondary N) is 1. The highest BCUT2D eigenvalue weighted by Gasteiger charge is 2.17. The summed E-state index contributed by atoms with van der Waals surface area (Å²) in [5.41, 5.74) is 1.01. The second-order valence-corrected chi connectivity index (χ2v) is 7.33. The number of hydrogen-bond donors (Lipinski definition) is 1. The average Bonchev–Trinajstić information content (AvgIpc) is 2.99. The maximum absolute atomic E-state index is 11.5. The van der Waals surface area contributed by atoms with Crippen LogP contribution >= 0.6 is 23.2 Å². The Hall–Kier alpha value is -1.92. The SMILES string of the molecule is CCc1c(Cl)ccc(-c2cc(OCCNC(=O)OC(C)(C)C)no2)c1Cl. The lowest BCUT2D eigenvalue weighted by Crippen LogP contribution is -2.34. The number of aromatic nitrogens is 1. The van der Waals surface area contributed by atoms with E-state index in [9.17, 15) is 4.79 Å². The van der Waals surface area contributed by atoms with Gasteiger partial charge in [0.15, 0.2) is 5.76 Å². The van der Waals surface area contributed by atoms with Gasteiger partial charge in [0.25, 0.3) is 5.88 Å². The molecule has 6 nitrogen and oxygen atoms in total. The third-order valence-electron chi connectivity index (χ3n) is 3.31. The number of ether oxygens (including phenoxy) is 2. The molecular weight excluding hydrogens is 379 g/mol. The van der Waals surface area contributed by atoms with Gasteiger partial charge in [0, 0.05) is 16.7 Å². The van der Waals surface area contributed by atoms with Crippen molar-refractivity contribution in [1.29, 1.82) is 0 Å². The fourth-order valence-corrected chi connectivity index (χ4v) is 2.92. The second kappa shape index (κ2) is 8.64. The minimum absolute atomic E-state index is 0.222. The Kier molecular flexibility index (Phi) is 6.78. The standard InChI is InChI=1S/C18H22Cl2N2O4/c1-5-11-13(19)7-6-12(16(11)20)14-10-15(22-26-14)24-9-8-21-17(23)25-18(2,3)4/h6-7,10H,5,8-9H2,1-4H3,(H,21,23). The molecule has 1 aromatic heterocycles. The van der Waals surface area contributed by atoms with Gasteiger partial charge in [0.2, 0.25) is 0 Å². The molecule has 8 heteroatoms. The molecule has 0 aliphatic rings. The number of hydrogen-bond acceptors (Lipinski definition) is 5. The average molecular weight is 401 g/mol. The molecule has 0 radical (unpaired) electrons. The van der Waals surface area contributed by atoms with Gasteiger partial charge < -0.3 is 19.3 Å². The molecule has 0 spiro atoms. The Morgan fingerprint density at radius 3 is 2.69 bits per heavy atom. The van der Waals surface area contributed by atoms with E-state index in [-0.39, 0.29) is 13.2 Å². The molecule has 0 atom stereocenters. The van der Waals surface area contributed by atoms with E-state index in [2.05, 4.69) is 10.5 Å². The molecule has 0 unspecified atom stereocenters. The third-order valence-corrected chi connectivity index (χ3v) is 4.10. The Morgan fingerprint density at radius 2 is 2.04 bits per heavy atom. The largest absolute Gasteiger partial charge is 0.474 e. The summed E-state index contributed by atoms with van der Waals surface area (Å²) >= 11 is 12.5. The summed E-state index contributed by atoms with van der Waals surface area (Å²) in [5.74, 6) is 0.784. The van der Waals surface area contributed by atoms with Gasteiger partial charge in [-0.3, -0.25) is 0 Å². The van der Waals surface area contributed by atoms with Crippen LogP contribution in [-0.2, 0) is 11.2 Å². The first-order chi connectivity index (χ1) is 12.2. The van der Waals surface area contributed by atoms with Crippen LogP contribution in [0, 0.1) is 0 Å². The summed E-state index contributed by atoms with van der Waals surface area (Å²) in [7, 11) is 0. The number of amides is 1. The van der Waals surface area contributed by atoms with Crippen molar-refractivity contribution >= 4 is 29.3 Å². The van der Waals surface area contributed by atoms with Crippen molar-refractivity contribution in [3.05, 3.63) is 33.8 Å². The molecule has 0 aliphatic heterocycles. The van der Waals surface area contributed by atoms with Crippen LogP contribution in [0.3, 0.4) is 0 Å². The van der Waals surface area contributed by atoms with Crippen LogP contribution < -0.4 is 10.1 Å². The molecule has 0 bridgehead atoms.